The molecule has 0 aliphatic heterocycles. The normalized spacial score (nSPS) is 10.4. The van der Waals surface area contributed by atoms with E-state index in [2.05, 4.69) is 20.6 Å². The Kier molecular flexibility index (Phi) is 6.22. The number of hydrogen-bond acceptors (Lipinski definition) is 5. The molecule has 0 aliphatic rings. The van der Waals surface area contributed by atoms with E-state index >= 15 is 0 Å². The molecule has 6 heteroatoms. The third-order valence-electron chi connectivity index (χ3n) is 4.40. The fourth-order valence-electron chi connectivity index (χ4n) is 2.85. The Bertz CT molecular complexity index is 972. The van der Waals surface area contributed by atoms with Crippen LogP contribution in [0.2, 0.25) is 0 Å². The zero-order valence-corrected chi connectivity index (χ0v) is 16.3. The molecular formula is C22H24N4O2. The van der Waals surface area contributed by atoms with Crippen molar-refractivity contribution in [2.45, 2.75) is 20.3 Å². The van der Waals surface area contributed by atoms with Gasteiger partial charge in [-0.3, -0.25) is 4.79 Å². The van der Waals surface area contributed by atoms with Crippen LogP contribution in [0.5, 0.6) is 5.75 Å². The number of nitrogens with zero attached hydrogens (tertiary/aromatic N) is 2. The number of benzene rings is 2. The van der Waals surface area contributed by atoms with Crippen LogP contribution < -0.4 is 15.4 Å². The number of amides is 1. The van der Waals surface area contributed by atoms with E-state index in [1.807, 2.05) is 56.3 Å². The average Bonchev–Trinajstić information content (AvgIpc) is 2.71. The summed E-state index contributed by atoms with van der Waals surface area (Å²) in [6, 6.07) is 15.5. The van der Waals surface area contributed by atoms with E-state index < -0.39 is 0 Å². The Hall–Kier alpha value is -3.41. The maximum absolute atomic E-state index is 12.5. The van der Waals surface area contributed by atoms with E-state index in [0.29, 0.717) is 24.6 Å². The van der Waals surface area contributed by atoms with Crippen molar-refractivity contribution in [3.63, 3.8) is 0 Å². The summed E-state index contributed by atoms with van der Waals surface area (Å²) in [4.78, 5) is 21.0. The maximum Gasteiger partial charge on any atom is 0.270 e. The summed E-state index contributed by atoms with van der Waals surface area (Å²) in [6.07, 6.45) is 2.25. The monoisotopic (exact) mass is 376 g/mol. The number of aromatic nitrogens is 2. The van der Waals surface area contributed by atoms with Crippen LogP contribution in [0.25, 0.3) is 0 Å². The number of ether oxygens (including phenoxy) is 1. The smallest absolute Gasteiger partial charge is 0.270 e. The molecule has 6 nitrogen and oxygen atoms in total. The van der Waals surface area contributed by atoms with Crippen molar-refractivity contribution < 1.29 is 9.53 Å². The van der Waals surface area contributed by atoms with Crippen LogP contribution in [0.1, 0.15) is 27.2 Å². The third-order valence-corrected chi connectivity index (χ3v) is 4.40. The zero-order chi connectivity index (χ0) is 19.9. The van der Waals surface area contributed by atoms with Gasteiger partial charge in [0.25, 0.3) is 5.91 Å². The molecule has 1 aromatic heterocycles. The number of nitrogens with one attached hydrogen (secondary N) is 2. The molecule has 0 fully saturated rings. The first-order valence-electron chi connectivity index (χ1n) is 9.14. The van der Waals surface area contributed by atoms with Gasteiger partial charge in [-0.1, -0.05) is 30.3 Å². The quantitative estimate of drug-likeness (QED) is 0.656. The van der Waals surface area contributed by atoms with E-state index in [0.717, 1.165) is 28.1 Å². The molecule has 3 aromatic rings. The van der Waals surface area contributed by atoms with Gasteiger partial charge in [-0.05, 0) is 55.2 Å². The zero-order valence-electron chi connectivity index (χ0n) is 16.3. The van der Waals surface area contributed by atoms with Crippen molar-refractivity contribution in [2.75, 3.05) is 19.0 Å². The largest absolute Gasteiger partial charge is 0.496 e. The molecule has 144 valence electrons. The molecular weight excluding hydrogens is 352 g/mol. The van der Waals surface area contributed by atoms with E-state index in [9.17, 15) is 4.79 Å². The van der Waals surface area contributed by atoms with Crippen molar-refractivity contribution in [1.29, 1.82) is 0 Å². The molecule has 1 heterocycles. The second kappa shape index (κ2) is 8.99. The van der Waals surface area contributed by atoms with Gasteiger partial charge in [0.2, 0.25) is 5.95 Å². The predicted octanol–water partition coefficient (Wildman–Crippen LogP) is 3.82. The first-order valence-corrected chi connectivity index (χ1v) is 9.14. The molecule has 0 atom stereocenters. The number of rotatable bonds is 7. The van der Waals surface area contributed by atoms with E-state index in [1.54, 1.807) is 19.4 Å². The second-order valence-corrected chi connectivity index (χ2v) is 6.53. The van der Waals surface area contributed by atoms with Crippen molar-refractivity contribution in [3.05, 3.63) is 77.1 Å². The lowest BCUT2D eigenvalue weighted by Crippen LogP contribution is -2.27. The Balaban J connectivity index is 1.63. The van der Waals surface area contributed by atoms with Crippen molar-refractivity contribution >= 4 is 17.5 Å². The Morgan fingerprint density at radius 2 is 1.93 bits per heavy atom. The highest BCUT2D eigenvalue weighted by Crippen LogP contribution is 2.20. The van der Waals surface area contributed by atoms with Crippen LogP contribution in [-0.4, -0.2) is 29.5 Å². The van der Waals surface area contributed by atoms with Crippen molar-refractivity contribution in [1.82, 2.24) is 15.3 Å². The standard InChI is InChI=1S/C22H24N4O2/c1-15-8-9-16(2)19(14-15)26-22-24-13-11-18(25-22)21(27)23-12-10-17-6-4-5-7-20(17)28-3/h4-9,11,13-14H,10,12H2,1-3H3,(H,23,27)(H,24,25,26). The van der Waals surface area contributed by atoms with Crippen LogP contribution in [0.3, 0.4) is 0 Å². The van der Waals surface area contributed by atoms with Gasteiger partial charge in [-0.2, -0.15) is 0 Å². The molecule has 28 heavy (non-hydrogen) atoms. The number of carbonyl (C=O) groups is 1. The van der Waals surface area contributed by atoms with Gasteiger partial charge in [0.05, 0.1) is 7.11 Å². The fourth-order valence-corrected chi connectivity index (χ4v) is 2.85. The summed E-state index contributed by atoms with van der Waals surface area (Å²) in [7, 11) is 1.64. The van der Waals surface area contributed by atoms with Gasteiger partial charge < -0.3 is 15.4 Å². The number of carbonyl (C=O) groups excluding carboxylic acids is 1. The second-order valence-electron chi connectivity index (χ2n) is 6.53. The van der Waals surface area contributed by atoms with E-state index in [-0.39, 0.29) is 5.91 Å². The lowest BCUT2D eigenvalue weighted by atomic mass is 10.1. The highest BCUT2D eigenvalue weighted by atomic mass is 16.5. The summed E-state index contributed by atoms with van der Waals surface area (Å²) in [5.74, 6) is 0.978. The summed E-state index contributed by atoms with van der Waals surface area (Å²) in [6.45, 7) is 4.52. The molecule has 1 amide bonds. The molecule has 2 N–H and O–H groups in total. The molecule has 0 radical (unpaired) electrons. The van der Waals surface area contributed by atoms with Crippen LogP contribution in [0.15, 0.2) is 54.7 Å². The van der Waals surface area contributed by atoms with Crippen molar-refractivity contribution in [3.8, 4) is 5.75 Å². The Labute approximate surface area is 165 Å². The molecule has 2 aromatic carbocycles. The minimum Gasteiger partial charge on any atom is -0.496 e. The first-order chi connectivity index (χ1) is 13.6. The minimum absolute atomic E-state index is 0.235. The first kappa shape index (κ1) is 19.4. The van der Waals surface area contributed by atoms with Crippen molar-refractivity contribution in [2.24, 2.45) is 0 Å². The Morgan fingerprint density at radius 3 is 2.75 bits per heavy atom. The molecule has 0 spiro atoms. The number of aryl methyl sites for hydroxylation is 2. The third kappa shape index (κ3) is 4.85. The fraction of sp³-hybridized carbons (Fsp3) is 0.227. The Morgan fingerprint density at radius 1 is 1.11 bits per heavy atom. The number of methoxy groups -OCH3 is 1. The number of hydrogen-bond donors (Lipinski definition) is 2. The summed E-state index contributed by atoms with van der Waals surface area (Å²) in [5.41, 5.74) is 4.51. The highest BCUT2D eigenvalue weighted by molar-refractivity contribution is 5.92. The molecule has 0 aliphatic carbocycles. The lowest BCUT2D eigenvalue weighted by molar-refractivity contribution is 0.0949. The summed E-state index contributed by atoms with van der Waals surface area (Å²) >= 11 is 0. The van der Waals surface area contributed by atoms with Gasteiger partial charge in [-0.25, -0.2) is 9.97 Å². The van der Waals surface area contributed by atoms with E-state index in [4.69, 9.17) is 4.74 Å². The van der Waals surface area contributed by atoms with Crippen LogP contribution in [-0.2, 0) is 6.42 Å². The predicted molar refractivity (Wildman–Crippen MR) is 110 cm³/mol. The minimum atomic E-state index is -0.235. The van der Waals surface area contributed by atoms with Gasteiger partial charge in [0.15, 0.2) is 0 Å². The molecule has 0 unspecified atom stereocenters. The average molecular weight is 376 g/mol. The number of anilines is 2. The van der Waals surface area contributed by atoms with E-state index in [1.165, 1.54) is 0 Å². The molecule has 0 bridgehead atoms. The van der Waals surface area contributed by atoms with Gasteiger partial charge in [0, 0.05) is 18.4 Å². The molecule has 0 saturated heterocycles. The summed E-state index contributed by atoms with van der Waals surface area (Å²) < 4.78 is 5.34. The van der Waals surface area contributed by atoms with Gasteiger partial charge >= 0.3 is 0 Å². The lowest BCUT2D eigenvalue weighted by Gasteiger charge is -2.11. The molecule has 3 rings (SSSR count). The van der Waals surface area contributed by atoms with Crippen LogP contribution >= 0.6 is 0 Å². The topological polar surface area (TPSA) is 76.1 Å². The highest BCUT2D eigenvalue weighted by Gasteiger charge is 2.10. The van der Waals surface area contributed by atoms with Gasteiger partial charge in [-0.15, -0.1) is 0 Å². The maximum atomic E-state index is 12.5. The van der Waals surface area contributed by atoms with Crippen LogP contribution in [0.4, 0.5) is 11.6 Å². The molecule has 0 saturated carbocycles. The summed E-state index contributed by atoms with van der Waals surface area (Å²) in [5, 5.41) is 6.08. The van der Waals surface area contributed by atoms with Gasteiger partial charge in [0.1, 0.15) is 11.4 Å². The van der Waals surface area contributed by atoms with Crippen LogP contribution in [0, 0.1) is 13.8 Å². The number of para-hydroxylation sites is 1. The SMILES string of the molecule is COc1ccccc1CCNC(=O)c1ccnc(Nc2cc(C)ccc2C)n1.